The zero-order valence-corrected chi connectivity index (χ0v) is 18.8. The Hall–Kier alpha value is -4.19. The summed E-state index contributed by atoms with van der Waals surface area (Å²) in [6.07, 6.45) is 1.63. The first-order valence-corrected chi connectivity index (χ1v) is 10.6. The van der Waals surface area contributed by atoms with E-state index in [9.17, 15) is 4.79 Å². The molecule has 0 aliphatic heterocycles. The summed E-state index contributed by atoms with van der Waals surface area (Å²) in [5.41, 5.74) is 3.49. The summed E-state index contributed by atoms with van der Waals surface area (Å²) in [5, 5.41) is 3.05. The molecule has 0 aliphatic carbocycles. The number of carbonyl (C=O) groups is 1. The molecule has 1 atom stereocenters. The topological polar surface area (TPSA) is 73.3 Å². The fourth-order valence-corrected chi connectivity index (χ4v) is 3.34. The van der Waals surface area contributed by atoms with Crippen molar-refractivity contribution in [2.75, 3.05) is 7.11 Å². The largest absolute Gasteiger partial charge is 0.497 e. The van der Waals surface area contributed by atoms with Crippen molar-refractivity contribution in [1.29, 1.82) is 0 Å². The third kappa shape index (κ3) is 5.54. The second kappa shape index (κ2) is 9.96. The second-order valence-corrected chi connectivity index (χ2v) is 7.69. The molecule has 1 amide bonds. The molecule has 3 aromatic carbocycles. The Bertz CT molecular complexity index is 1260. The van der Waals surface area contributed by atoms with Gasteiger partial charge in [0.1, 0.15) is 11.5 Å². The molecule has 0 bridgehead atoms. The average Bonchev–Trinajstić information content (AvgIpc) is 2.85. The lowest BCUT2D eigenvalue weighted by molar-refractivity contribution is 0.0940. The fraction of sp³-hybridized carbons (Fsp3) is 0.148. The molecule has 0 saturated heterocycles. The Labute approximate surface area is 193 Å². The van der Waals surface area contributed by atoms with Crippen LogP contribution in [0.3, 0.4) is 0 Å². The number of hydrogen-bond donors (Lipinski definition) is 1. The number of carbonyl (C=O) groups excluding carboxylic acids is 1. The van der Waals surface area contributed by atoms with E-state index in [4.69, 9.17) is 9.47 Å². The summed E-state index contributed by atoms with van der Waals surface area (Å²) in [6, 6.07) is 24.2. The Balaban J connectivity index is 1.50. The molecule has 4 rings (SSSR count). The van der Waals surface area contributed by atoms with Crippen molar-refractivity contribution < 1.29 is 14.3 Å². The van der Waals surface area contributed by atoms with Crippen molar-refractivity contribution in [2.45, 2.75) is 19.9 Å². The van der Waals surface area contributed by atoms with E-state index in [0.29, 0.717) is 28.8 Å². The molecule has 0 spiro atoms. The molecular weight excluding hydrogens is 414 g/mol. The van der Waals surface area contributed by atoms with Gasteiger partial charge in [0.25, 0.3) is 5.91 Å². The summed E-state index contributed by atoms with van der Waals surface area (Å²) in [4.78, 5) is 21.7. The minimum absolute atomic E-state index is 0.113. The molecule has 1 aromatic heterocycles. The normalized spacial score (nSPS) is 11.5. The zero-order valence-electron chi connectivity index (χ0n) is 18.8. The van der Waals surface area contributed by atoms with Gasteiger partial charge in [-0.25, -0.2) is 4.98 Å². The van der Waals surface area contributed by atoms with Crippen molar-refractivity contribution >= 4 is 5.91 Å². The van der Waals surface area contributed by atoms with Crippen LogP contribution in [0.2, 0.25) is 0 Å². The van der Waals surface area contributed by atoms with E-state index in [1.807, 2.05) is 68.4 Å². The van der Waals surface area contributed by atoms with Crippen molar-refractivity contribution in [3.05, 3.63) is 102 Å². The molecule has 0 saturated carbocycles. The van der Waals surface area contributed by atoms with Crippen molar-refractivity contribution in [3.63, 3.8) is 0 Å². The summed E-state index contributed by atoms with van der Waals surface area (Å²) in [6.45, 7) is 4.01. The molecule has 1 N–H and O–H groups in total. The Morgan fingerprint density at radius 2 is 1.70 bits per heavy atom. The summed E-state index contributed by atoms with van der Waals surface area (Å²) >= 11 is 0. The highest BCUT2D eigenvalue weighted by molar-refractivity contribution is 5.95. The van der Waals surface area contributed by atoms with Gasteiger partial charge < -0.3 is 14.8 Å². The number of aryl methyl sites for hydroxylation is 1. The Kier molecular flexibility index (Phi) is 6.64. The van der Waals surface area contributed by atoms with E-state index in [-0.39, 0.29) is 11.9 Å². The van der Waals surface area contributed by atoms with Crippen LogP contribution in [0.1, 0.15) is 34.5 Å². The first kappa shape index (κ1) is 22.0. The fourth-order valence-electron chi connectivity index (χ4n) is 3.34. The minimum atomic E-state index is -0.159. The van der Waals surface area contributed by atoms with E-state index < -0.39 is 0 Å². The lowest BCUT2D eigenvalue weighted by Gasteiger charge is -2.15. The second-order valence-electron chi connectivity index (χ2n) is 7.69. The highest BCUT2D eigenvalue weighted by Gasteiger charge is 2.13. The van der Waals surface area contributed by atoms with E-state index in [2.05, 4.69) is 15.3 Å². The Morgan fingerprint density at radius 1 is 0.939 bits per heavy atom. The number of amides is 1. The number of benzene rings is 3. The van der Waals surface area contributed by atoms with E-state index in [1.165, 1.54) is 5.56 Å². The number of ether oxygens (including phenoxy) is 2. The molecule has 1 heterocycles. The van der Waals surface area contributed by atoms with E-state index in [0.717, 1.165) is 11.1 Å². The van der Waals surface area contributed by atoms with Crippen molar-refractivity contribution in [3.8, 4) is 28.8 Å². The number of methoxy groups -OCH3 is 1. The molecule has 166 valence electrons. The molecule has 0 aliphatic rings. The van der Waals surface area contributed by atoms with Crippen LogP contribution in [0.4, 0.5) is 0 Å². The number of hydrogen-bond acceptors (Lipinski definition) is 5. The Morgan fingerprint density at radius 3 is 2.48 bits per heavy atom. The third-order valence-electron chi connectivity index (χ3n) is 5.20. The number of nitrogens with zero attached hydrogens (tertiary/aromatic N) is 2. The number of nitrogens with one attached hydrogen (secondary N) is 1. The molecule has 4 aromatic rings. The van der Waals surface area contributed by atoms with Crippen LogP contribution in [0, 0.1) is 6.92 Å². The third-order valence-corrected chi connectivity index (χ3v) is 5.20. The molecule has 0 fully saturated rings. The maximum atomic E-state index is 12.9. The number of aromatic nitrogens is 2. The number of rotatable bonds is 7. The van der Waals surface area contributed by atoms with Crippen LogP contribution in [0.5, 0.6) is 17.4 Å². The standard InChI is InChI=1S/C27H25N3O3/c1-18-10-12-20(13-11-18)19(2)29-27(31)22-7-4-6-21(16-22)26-28-15-14-25(30-26)33-24-9-5-8-23(17-24)32-3/h4-17,19H,1-3H3,(H,29,31). The summed E-state index contributed by atoms with van der Waals surface area (Å²) < 4.78 is 11.1. The van der Waals surface area contributed by atoms with Gasteiger partial charge in [0, 0.05) is 29.5 Å². The van der Waals surface area contributed by atoms with Gasteiger partial charge in [-0.3, -0.25) is 4.79 Å². The van der Waals surface area contributed by atoms with Gasteiger partial charge in [-0.2, -0.15) is 4.98 Å². The van der Waals surface area contributed by atoms with Gasteiger partial charge in [0.15, 0.2) is 5.82 Å². The lowest BCUT2D eigenvalue weighted by atomic mass is 10.1. The van der Waals surface area contributed by atoms with Gasteiger partial charge in [-0.15, -0.1) is 0 Å². The highest BCUT2D eigenvalue weighted by Crippen LogP contribution is 2.25. The molecule has 1 unspecified atom stereocenters. The molecule has 33 heavy (non-hydrogen) atoms. The maximum absolute atomic E-state index is 12.9. The van der Waals surface area contributed by atoms with Gasteiger partial charge in [-0.1, -0.05) is 48.0 Å². The predicted octanol–water partition coefficient (Wildman–Crippen LogP) is 5.74. The zero-order chi connectivity index (χ0) is 23.2. The van der Waals surface area contributed by atoms with Gasteiger partial charge in [-0.05, 0) is 43.7 Å². The predicted molar refractivity (Wildman–Crippen MR) is 128 cm³/mol. The van der Waals surface area contributed by atoms with Gasteiger partial charge in [0.2, 0.25) is 5.88 Å². The molecule has 6 heteroatoms. The van der Waals surface area contributed by atoms with Crippen LogP contribution >= 0.6 is 0 Å². The maximum Gasteiger partial charge on any atom is 0.251 e. The highest BCUT2D eigenvalue weighted by atomic mass is 16.5. The monoisotopic (exact) mass is 439 g/mol. The first-order valence-electron chi connectivity index (χ1n) is 10.6. The minimum Gasteiger partial charge on any atom is -0.497 e. The van der Waals surface area contributed by atoms with Crippen LogP contribution in [-0.2, 0) is 0 Å². The van der Waals surface area contributed by atoms with E-state index in [1.54, 1.807) is 37.6 Å². The van der Waals surface area contributed by atoms with Crippen LogP contribution in [0.15, 0.2) is 85.1 Å². The molecule has 6 nitrogen and oxygen atoms in total. The van der Waals surface area contributed by atoms with Crippen LogP contribution < -0.4 is 14.8 Å². The van der Waals surface area contributed by atoms with Crippen LogP contribution in [0.25, 0.3) is 11.4 Å². The van der Waals surface area contributed by atoms with Gasteiger partial charge in [0.05, 0.1) is 13.2 Å². The quantitative estimate of drug-likeness (QED) is 0.397. The lowest BCUT2D eigenvalue weighted by Crippen LogP contribution is -2.26. The smallest absolute Gasteiger partial charge is 0.251 e. The summed E-state index contributed by atoms with van der Waals surface area (Å²) in [5.74, 6) is 2.01. The van der Waals surface area contributed by atoms with Gasteiger partial charge >= 0.3 is 0 Å². The van der Waals surface area contributed by atoms with E-state index >= 15 is 0 Å². The summed E-state index contributed by atoms with van der Waals surface area (Å²) in [7, 11) is 1.60. The molecule has 0 radical (unpaired) electrons. The average molecular weight is 440 g/mol. The van der Waals surface area contributed by atoms with Crippen molar-refractivity contribution in [2.24, 2.45) is 0 Å². The molecular formula is C27H25N3O3. The SMILES string of the molecule is COc1cccc(Oc2ccnc(-c3cccc(C(=O)NC(C)c4ccc(C)cc4)c3)n2)c1. The van der Waals surface area contributed by atoms with Crippen molar-refractivity contribution in [1.82, 2.24) is 15.3 Å². The van der Waals surface area contributed by atoms with Crippen LogP contribution in [-0.4, -0.2) is 23.0 Å². The first-order chi connectivity index (χ1) is 16.0.